The van der Waals surface area contributed by atoms with Crippen LogP contribution in [0.25, 0.3) is 78.3 Å². The van der Waals surface area contributed by atoms with Crippen LogP contribution in [0, 0.1) is 18.2 Å². The number of pyridine rings is 3. The summed E-state index contributed by atoms with van der Waals surface area (Å²) < 4.78 is 0. The molecule has 1 aliphatic rings. The van der Waals surface area contributed by atoms with Crippen molar-refractivity contribution < 1.29 is 20.1 Å². The van der Waals surface area contributed by atoms with Crippen LogP contribution in [-0.2, 0) is 58.6 Å². The van der Waals surface area contributed by atoms with Crippen molar-refractivity contribution in [1.82, 2.24) is 15.0 Å². The van der Waals surface area contributed by atoms with E-state index in [1.54, 1.807) is 0 Å². The molecule has 11 rings (SSSR count). The first-order valence-electron chi connectivity index (χ1n) is 23.4. The van der Waals surface area contributed by atoms with Gasteiger partial charge in [-0.3, -0.25) is 0 Å². The first-order chi connectivity index (χ1) is 33.2. The van der Waals surface area contributed by atoms with Gasteiger partial charge in [0.25, 0.3) is 0 Å². The predicted octanol–water partition coefficient (Wildman–Crippen LogP) is 15.0. The van der Waals surface area contributed by atoms with Gasteiger partial charge in [-0.15, -0.1) is 94.5 Å². The van der Waals surface area contributed by atoms with E-state index in [9.17, 15) is 0 Å². The quantitative estimate of drug-likeness (QED) is 0.108. The Hall–Kier alpha value is -7.36. The van der Waals surface area contributed by atoms with Crippen molar-refractivity contribution in [3.63, 3.8) is 0 Å². The third kappa shape index (κ3) is 9.99. The van der Waals surface area contributed by atoms with Crippen LogP contribution in [0.1, 0.15) is 39.8 Å². The molecule has 0 fully saturated rings. The standard InChI is InChI=1S/C64H48N3.Ir/c1-2-11-49(12-3-1)50-31-33-51(34-32-50)61-42-55(64-43-54-13-10-14-56(54)44-67-64)35-36-60(61)59-16-5-4-15-58(59)57-40-47(21-19-45-23-27-52(28-24-45)62-17-6-8-37-65-62)39-48(41-57)22-20-46-25-29-53(30-26-46)63-18-7-9-38-66-63;/h1-9,11-12,15-18,23-27,29,31-34,36-44H,10,13-14,19-22H2;/q-3;+3. The van der Waals surface area contributed by atoms with Crippen LogP contribution in [0.4, 0.5) is 0 Å². The molecule has 0 bridgehead atoms. The van der Waals surface area contributed by atoms with Crippen LogP contribution < -0.4 is 0 Å². The second kappa shape index (κ2) is 20.7. The number of aromatic nitrogens is 3. The Balaban J connectivity index is 0.00000539. The normalized spacial score (nSPS) is 11.8. The van der Waals surface area contributed by atoms with E-state index in [0.717, 1.165) is 89.0 Å². The SMILES string of the molecule is [Ir+3].[c-]1cc(CCc2cc(CCc3c[c-]c(-c4ccccn4)cc3)cc(-c3ccccc3-c3c[c-]c(-c4cc5c(cn4)CCC5)cc3-c3ccc(-c4ccccc4)cc3)c2)ccc1-c1ccccn1. The summed E-state index contributed by atoms with van der Waals surface area (Å²) in [6.45, 7) is 0. The molecule has 328 valence electrons. The molecular formula is C64H48IrN3. The smallest absolute Gasteiger partial charge is 0.305 e. The molecule has 0 aliphatic heterocycles. The summed E-state index contributed by atoms with van der Waals surface area (Å²) in [5.41, 5.74) is 23.3. The first kappa shape index (κ1) is 44.5. The number of hydrogen-bond donors (Lipinski definition) is 0. The van der Waals surface area contributed by atoms with Crippen LogP contribution in [-0.4, -0.2) is 15.0 Å². The van der Waals surface area contributed by atoms with Gasteiger partial charge in [0.05, 0.1) is 0 Å². The molecule has 7 aromatic carbocycles. The number of benzene rings is 7. The van der Waals surface area contributed by atoms with Crippen LogP contribution in [0.3, 0.4) is 0 Å². The van der Waals surface area contributed by atoms with Crippen molar-refractivity contribution >= 4 is 0 Å². The van der Waals surface area contributed by atoms with Gasteiger partial charge in [-0.1, -0.05) is 162 Å². The number of nitrogens with zero attached hydrogens (tertiary/aromatic N) is 3. The van der Waals surface area contributed by atoms with Gasteiger partial charge in [-0.25, -0.2) is 0 Å². The second-order valence-corrected chi connectivity index (χ2v) is 17.5. The van der Waals surface area contributed by atoms with Crippen LogP contribution in [0.5, 0.6) is 0 Å². The van der Waals surface area contributed by atoms with Crippen molar-refractivity contribution in [3.05, 3.63) is 258 Å². The summed E-state index contributed by atoms with van der Waals surface area (Å²) in [5.74, 6) is 0. The largest absolute Gasteiger partial charge is 3.00 e. The van der Waals surface area contributed by atoms with Gasteiger partial charge < -0.3 is 15.0 Å². The zero-order valence-corrected chi connectivity index (χ0v) is 40.1. The predicted molar refractivity (Wildman–Crippen MR) is 274 cm³/mol. The molecule has 68 heavy (non-hydrogen) atoms. The maximum Gasteiger partial charge on any atom is 3.00 e. The molecule has 0 atom stereocenters. The third-order valence-electron chi connectivity index (χ3n) is 13.1. The van der Waals surface area contributed by atoms with Gasteiger partial charge in [0.2, 0.25) is 0 Å². The monoisotopic (exact) mass is 1050 g/mol. The van der Waals surface area contributed by atoms with E-state index < -0.39 is 0 Å². The van der Waals surface area contributed by atoms with E-state index in [1.165, 1.54) is 67.6 Å². The maximum atomic E-state index is 4.97. The summed E-state index contributed by atoms with van der Waals surface area (Å²) in [4.78, 5) is 14.0. The van der Waals surface area contributed by atoms with E-state index in [2.05, 4.69) is 186 Å². The van der Waals surface area contributed by atoms with Crippen LogP contribution in [0.2, 0.25) is 0 Å². The fraction of sp³-hybridized carbons (Fsp3) is 0.109. The zero-order valence-electron chi connectivity index (χ0n) is 37.8. The Morgan fingerprint density at radius 2 is 0.912 bits per heavy atom. The molecule has 4 heteroatoms. The first-order valence-corrected chi connectivity index (χ1v) is 23.4. The second-order valence-electron chi connectivity index (χ2n) is 17.5. The molecule has 3 nitrogen and oxygen atoms in total. The van der Waals surface area contributed by atoms with E-state index in [4.69, 9.17) is 4.98 Å². The Labute approximate surface area is 414 Å². The van der Waals surface area contributed by atoms with Gasteiger partial charge in [-0.05, 0) is 106 Å². The molecule has 0 N–H and O–H groups in total. The van der Waals surface area contributed by atoms with Gasteiger partial charge in [0.1, 0.15) is 0 Å². The molecular weight excluding hydrogens is 1000 g/mol. The summed E-state index contributed by atoms with van der Waals surface area (Å²) in [6, 6.07) is 78.2. The van der Waals surface area contributed by atoms with Crippen molar-refractivity contribution in [1.29, 1.82) is 0 Å². The van der Waals surface area contributed by atoms with E-state index in [1.807, 2.05) is 48.8 Å². The average molecular weight is 1050 g/mol. The van der Waals surface area contributed by atoms with Crippen molar-refractivity contribution in [2.75, 3.05) is 0 Å². The Kier molecular flexibility index (Phi) is 13.5. The van der Waals surface area contributed by atoms with E-state index in [0.29, 0.717) is 0 Å². The number of hydrogen-bond acceptors (Lipinski definition) is 3. The van der Waals surface area contributed by atoms with Crippen LogP contribution >= 0.6 is 0 Å². The van der Waals surface area contributed by atoms with Crippen LogP contribution in [0.15, 0.2) is 207 Å². The van der Waals surface area contributed by atoms with Gasteiger partial charge in [-0.2, -0.15) is 0 Å². The minimum Gasteiger partial charge on any atom is -0.305 e. The molecule has 3 heterocycles. The Bertz CT molecular complexity index is 3170. The maximum absolute atomic E-state index is 4.97. The molecule has 10 aromatic rings. The number of rotatable bonds is 13. The molecule has 1 aliphatic carbocycles. The van der Waals surface area contributed by atoms with Gasteiger partial charge in [0, 0.05) is 18.6 Å². The number of fused-ring (bicyclic) bond motifs is 1. The molecule has 0 radical (unpaired) electrons. The summed E-state index contributed by atoms with van der Waals surface area (Å²) in [6.07, 6.45) is 12.8. The van der Waals surface area contributed by atoms with Crippen molar-refractivity contribution in [3.8, 4) is 78.3 Å². The minimum atomic E-state index is 0. The van der Waals surface area contributed by atoms with Crippen molar-refractivity contribution in [2.24, 2.45) is 0 Å². The fourth-order valence-electron chi connectivity index (χ4n) is 9.52. The summed E-state index contributed by atoms with van der Waals surface area (Å²) in [5, 5.41) is 0. The van der Waals surface area contributed by atoms with Gasteiger partial charge in [0.15, 0.2) is 0 Å². The Morgan fingerprint density at radius 1 is 0.353 bits per heavy atom. The molecule has 0 unspecified atom stereocenters. The van der Waals surface area contributed by atoms with E-state index >= 15 is 0 Å². The molecule has 0 saturated carbocycles. The Morgan fingerprint density at radius 3 is 1.53 bits per heavy atom. The molecule has 0 amide bonds. The van der Waals surface area contributed by atoms with E-state index in [-0.39, 0.29) is 20.1 Å². The van der Waals surface area contributed by atoms with Crippen molar-refractivity contribution in [2.45, 2.75) is 44.9 Å². The fourth-order valence-corrected chi connectivity index (χ4v) is 9.52. The zero-order chi connectivity index (χ0) is 44.8. The summed E-state index contributed by atoms with van der Waals surface area (Å²) >= 11 is 0. The topological polar surface area (TPSA) is 38.7 Å². The summed E-state index contributed by atoms with van der Waals surface area (Å²) in [7, 11) is 0. The molecule has 0 saturated heterocycles. The third-order valence-corrected chi connectivity index (χ3v) is 13.1. The molecule has 0 spiro atoms. The number of aryl methyl sites for hydroxylation is 6. The average Bonchev–Trinajstić information content (AvgIpc) is 3.89. The van der Waals surface area contributed by atoms with Gasteiger partial charge >= 0.3 is 20.1 Å². The minimum absolute atomic E-state index is 0. The molecule has 3 aromatic heterocycles.